The normalized spacial score (nSPS) is 14.4. The van der Waals surface area contributed by atoms with Crippen LogP contribution in [0.4, 0.5) is 39.5 Å². The Morgan fingerprint density at radius 2 is 0.885 bits per heavy atom. The molecule has 0 radical (unpaired) electrons. The molecule has 1 aliphatic carbocycles. The highest BCUT2D eigenvalue weighted by molar-refractivity contribution is 6.33. The first-order chi connectivity index (χ1) is 11.9. The van der Waals surface area contributed by atoms with Gasteiger partial charge in [0.1, 0.15) is 0 Å². The number of hydrogen-bond acceptors (Lipinski definition) is 3. The molecule has 0 bridgehead atoms. The van der Waals surface area contributed by atoms with Crippen molar-refractivity contribution in [3.63, 3.8) is 0 Å². The number of hydrogen-bond donors (Lipinski definition) is 2. The van der Waals surface area contributed by atoms with Gasteiger partial charge >= 0.3 is 7.32 Å². The lowest BCUT2D eigenvalue weighted by Gasteiger charge is -2.24. The summed E-state index contributed by atoms with van der Waals surface area (Å²) >= 11 is 0. The van der Waals surface area contributed by atoms with E-state index >= 15 is 4.39 Å². The summed E-state index contributed by atoms with van der Waals surface area (Å²) in [4.78, 5) is 0. The van der Waals surface area contributed by atoms with Gasteiger partial charge in [-0.25, -0.2) is 39.5 Å². The van der Waals surface area contributed by atoms with Crippen molar-refractivity contribution in [1.82, 2.24) is 0 Å². The molecule has 0 aromatic heterocycles. The van der Waals surface area contributed by atoms with Gasteiger partial charge in [-0.3, -0.25) is 0 Å². The van der Waals surface area contributed by atoms with Crippen molar-refractivity contribution < 1.29 is 54.2 Å². The van der Waals surface area contributed by atoms with Gasteiger partial charge in [-0.2, -0.15) is 0 Å². The van der Waals surface area contributed by atoms with Crippen LogP contribution in [-0.2, 0) is 10.5 Å². The van der Waals surface area contributed by atoms with Crippen LogP contribution in [0.5, 0.6) is 0 Å². The highest BCUT2D eigenvalue weighted by atomic mass is 19.2. The van der Waals surface area contributed by atoms with Crippen molar-refractivity contribution >= 4 is 7.32 Å². The first-order valence-electron chi connectivity index (χ1n) is 6.41. The molecule has 0 saturated heterocycles. The van der Waals surface area contributed by atoms with Crippen molar-refractivity contribution in [3.8, 4) is 11.1 Å². The minimum absolute atomic E-state index is 1.85. The fourth-order valence-corrected chi connectivity index (χ4v) is 2.72. The first kappa shape index (κ1) is 18.5. The Hall–Kier alpha value is -2.25. The highest BCUT2D eigenvalue weighted by Crippen LogP contribution is 2.56. The highest BCUT2D eigenvalue weighted by Gasteiger charge is 2.56. The molecule has 2 aromatic rings. The standard InChI is InChI=1S/C13H2BF9O3/c15-5-1-2-4(8(18)12(22)10(20)6(2)16)13(23,26-14(24)25)3(1)7(17)11(21)9(5)19/h24-25H. The third-order valence-corrected chi connectivity index (χ3v) is 3.70. The van der Waals surface area contributed by atoms with Crippen LogP contribution < -0.4 is 0 Å². The van der Waals surface area contributed by atoms with E-state index in [1.807, 2.05) is 0 Å². The van der Waals surface area contributed by atoms with Crippen LogP contribution in [0.2, 0.25) is 0 Å². The molecular formula is C13H2BF9O3. The van der Waals surface area contributed by atoms with Gasteiger partial charge in [0.2, 0.25) is 0 Å². The second kappa shape index (κ2) is 5.63. The SMILES string of the molecule is OB(O)OC1(F)c2c(F)c(F)c(F)c(F)c2-c2c(F)c(F)c(F)c(F)c21. The van der Waals surface area contributed by atoms with Crippen molar-refractivity contribution in [1.29, 1.82) is 0 Å². The number of rotatable bonds is 2. The molecule has 1 aliphatic rings. The molecule has 3 nitrogen and oxygen atoms in total. The zero-order chi connectivity index (χ0) is 19.7. The topological polar surface area (TPSA) is 49.7 Å². The van der Waals surface area contributed by atoms with E-state index in [2.05, 4.69) is 4.65 Å². The van der Waals surface area contributed by atoms with Gasteiger partial charge < -0.3 is 14.7 Å². The molecule has 0 saturated carbocycles. The lowest BCUT2D eigenvalue weighted by atomic mass is 10.0. The maximum Gasteiger partial charge on any atom is 0.636 e. The van der Waals surface area contributed by atoms with Crippen LogP contribution >= 0.6 is 0 Å². The Bertz CT molecular complexity index is 894. The molecule has 0 heterocycles. The average molecular weight is 388 g/mol. The predicted octanol–water partition coefficient (Wildman–Crippen LogP) is 2.94. The maximum atomic E-state index is 15.1. The van der Waals surface area contributed by atoms with Gasteiger partial charge in [0, 0.05) is 11.1 Å². The molecule has 0 atom stereocenters. The van der Waals surface area contributed by atoms with E-state index in [1.54, 1.807) is 0 Å². The number of benzene rings is 2. The third-order valence-electron chi connectivity index (χ3n) is 3.70. The van der Waals surface area contributed by atoms with Crippen LogP contribution in [0, 0.1) is 46.5 Å². The molecule has 0 aliphatic heterocycles. The smallest absolute Gasteiger partial charge is 0.402 e. The van der Waals surface area contributed by atoms with E-state index in [4.69, 9.17) is 10.0 Å². The third kappa shape index (κ3) is 2.10. The summed E-state index contributed by atoms with van der Waals surface area (Å²) in [5, 5.41) is 17.4. The molecule has 13 heteroatoms. The molecule has 0 spiro atoms. The summed E-state index contributed by atoms with van der Waals surface area (Å²) < 4.78 is 129. The fraction of sp³-hybridized carbons (Fsp3) is 0.0769. The summed E-state index contributed by atoms with van der Waals surface area (Å²) in [5.74, 6) is -25.0. The van der Waals surface area contributed by atoms with Crippen LogP contribution in [0.1, 0.15) is 11.1 Å². The molecule has 0 amide bonds. The number of halogens is 9. The number of fused-ring (bicyclic) bond motifs is 3. The molecule has 0 fully saturated rings. The Balaban J connectivity index is 2.60. The summed E-state index contributed by atoms with van der Waals surface area (Å²) in [6.45, 7) is 0. The zero-order valence-electron chi connectivity index (χ0n) is 11.8. The Morgan fingerprint density at radius 1 is 0.577 bits per heavy atom. The lowest BCUT2D eigenvalue weighted by Crippen LogP contribution is -2.34. The Kier molecular flexibility index (Phi) is 4.01. The van der Waals surface area contributed by atoms with Gasteiger partial charge in [-0.05, 0) is 0 Å². The summed E-state index contributed by atoms with van der Waals surface area (Å²) in [7, 11) is -3.22. The monoisotopic (exact) mass is 388 g/mol. The molecular weight excluding hydrogens is 386 g/mol. The van der Waals surface area contributed by atoms with Crippen molar-refractivity contribution in [3.05, 3.63) is 57.7 Å². The van der Waals surface area contributed by atoms with E-state index in [-0.39, 0.29) is 0 Å². The molecule has 26 heavy (non-hydrogen) atoms. The molecule has 2 N–H and O–H groups in total. The number of alkyl halides is 1. The minimum atomic E-state index is -4.43. The predicted molar refractivity (Wildman–Crippen MR) is 64.7 cm³/mol. The van der Waals surface area contributed by atoms with Gasteiger partial charge in [0.15, 0.2) is 46.5 Å². The second-order valence-corrected chi connectivity index (χ2v) is 5.05. The van der Waals surface area contributed by atoms with Crippen molar-refractivity contribution in [2.75, 3.05) is 0 Å². The maximum absolute atomic E-state index is 15.1. The van der Waals surface area contributed by atoms with Crippen LogP contribution in [0.25, 0.3) is 11.1 Å². The average Bonchev–Trinajstić information content (AvgIpc) is 2.82. The molecule has 0 unspecified atom stereocenters. The van der Waals surface area contributed by atoms with E-state index in [0.29, 0.717) is 0 Å². The van der Waals surface area contributed by atoms with E-state index in [9.17, 15) is 35.1 Å². The van der Waals surface area contributed by atoms with E-state index in [1.165, 1.54) is 0 Å². The van der Waals surface area contributed by atoms with Crippen LogP contribution in [0.3, 0.4) is 0 Å². The minimum Gasteiger partial charge on any atom is -0.402 e. The largest absolute Gasteiger partial charge is 0.636 e. The van der Waals surface area contributed by atoms with Crippen molar-refractivity contribution in [2.45, 2.75) is 5.85 Å². The van der Waals surface area contributed by atoms with Gasteiger partial charge in [-0.15, -0.1) is 0 Å². The van der Waals surface area contributed by atoms with Crippen LogP contribution in [0.15, 0.2) is 0 Å². The quantitative estimate of drug-likeness (QED) is 0.360. The molecule has 2 aromatic carbocycles. The van der Waals surface area contributed by atoms with Crippen LogP contribution in [-0.4, -0.2) is 17.4 Å². The van der Waals surface area contributed by atoms with Gasteiger partial charge in [0.25, 0.3) is 5.85 Å². The summed E-state index contributed by atoms with van der Waals surface area (Å²) in [5.41, 5.74) is -7.84. The summed E-state index contributed by atoms with van der Waals surface area (Å²) in [6.07, 6.45) is 0. The van der Waals surface area contributed by atoms with E-state index in [0.717, 1.165) is 0 Å². The molecule has 3 rings (SSSR count). The lowest BCUT2D eigenvalue weighted by molar-refractivity contribution is -0.0639. The Labute approximate surface area is 137 Å². The summed E-state index contributed by atoms with van der Waals surface area (Å²) in [6, 6.07) is 0. The second-order valence-electron chi connectivity index (χ2n) is 5.05. The van der Waals surface area contributed by atoms with Gasteiger partial charge in [-0.1, -0.05) is 0 Å². The fourth-order valence-electron chi connectivity index (χ4n) is 2.72. The molecule has 138 valence electrons. The van der Waals surface area contributed by atoms with E-state index < -0.39 is 82.0 Å². The zero-order valence-corrected chi connectivity index (χ0v) is 11.8. The Morgan fingerprint density at radius 3 is 1.19 bits per heavy atom. The van der Waals surface area contributed by atoms with Crippen molar-refractivity contribution in [2.24, 2.45) is 0 Å². The first-order valence-corrected chi connectivity index (χ1v) is 6.41. The van der Waals surface area contributed by atoms with Gasteiger partial charge in [0.05, 0.1) is 11.1 Å².